The lowest BCUT2D eigenvalue weighted by molar-refractivity contribution is -0.141. The summed E-state index contributed by atoms with van der Waals surface area (Å²) >= 11 is 0. The van der Waals surface area contributed by atoms with E-state index in [1.165, 1.54) is 43.6 Å². The van der Waals surface area contributed by atoms with E-state index < -0.39 is 27.6 Å². The van der Waals surface area contributed by atoms with Crippen molar-refractivity contribution in [3.8, 4) is 0 Å². The van der Waals surface area contributed by atoms with Gasteiger partial charge in [-0.25, -0.2) is 13.8 Å². The number of rotatable bonds is 7. The Kier molecular flexibility index (Phi) is 6.34. The molecule has 0 spiro atoms. The Morgan fingerprint density at radius 2 is 1.85 bits per heavy atom. The van der Waals surface area contributed by atoms with E-state index in [-0.39, 0.29) is 23.7 Å². The maximum absolute atomic E-state index is 14.1. The molecule has 0 bridgehead atoms. The molecule has 1 N–H and O–H groups in total. The molecule has 2 heterocycles. The molecule has 0 aliphatic carbocycles. The molecule has 0 saturated carbocycles. The van der Waals surface area contributed by atoms with Crippen LogP contribution in [-0.4, -0.2) is 31.0 Å². The molecular weight excluding hydrogens is 464 g/mol. The Morgan fingerprint density at radius 1 is 1.09 bits per heavy atom. The fourth-order valence-electron chi connectivity index (χ4n) is 3.89. The second-order valence-corrected chi connectivity index (χ2v) is 9.25. The van der Waals surface area contributed by atoms with Crippen LogP contribution >= 0.6 is 0 Å². The first-order valence-corrected chi connectivity index (χ1v) is 11.7. The lowest BCUT2D eigenvalue weighted by atomic mass is 10.0. The normalized spacial score (nSPS) is 11.5. The van der Waals surface area contributed by atoms with Crippen LogP contribution in [0, 0.1) is 18.6 Å². The summed E-state index contributed by atoms with van der Waals surface area (Å²) in [6, 6.07) is 12.5. The molecule has 4 aromatic rings. The van der Waals surface area contributed by atoms with Crippen LogP contribution in [0.5, 0.6) is 0 Å². The number of nitrogens with zero attached hydrogens (tertiary/aromatic N) is 2. The summed E-state index contributed by atoms with van der Waals surface area (Å²) in [4.78, 5) is 16.0. The van der Waals surface area contributed by atoms with Crippen LogP contribution in [0.1, 0.15) is 16.8 Å². The minimum atomic E-state index is -4.15. The number of sulfonamides is 1. The number of fused-ring (bicyclic) bond motifs is 1. The average Bonchev–Trinajstić information content (AvgIpc) is 3.04. The number of esters is 1. The number of carbonyl (C=O) groups is 1. The zero-order valence-corrected chi connectivity index (χ0v) is 19.2. The van der Waals surface area contributed by atoms with Crippen LogP contribution in [-0.2, 0) is 32.5 Å². The first-order chi connectivity index (χ1) is 16.2. The van der Waals surface area contributed by atoms with Crippen LogP contribution in [0.4, 0.5) is 14.5 Å². The highest BCUT2D eigenvalue weighted by atomic mass is 32.2. The van der Waals surface area contributed by atoms with Gasteiger partial charge in [-0.2, -0.15) is 8.42 Å². The van der Waals surface area contributed by atoms with Gasteiger partial charge in [0, 0.05) is 29.2 Å². The number of halogens is 2. The molecule has 7 nitrogen and oxygen atoms in total. The quantitative estimate of drug-likeness (QED) is 0.397. The maximum atomic E-state index is 14.1. The number of pyridine rings is 1. The van der Waals surface area contributed by atoms with Gasteiger partial charge in [0.1, 0.15) is 18.2 Å². The second kappa shape index (κ2) is 9.22. The van der Waals surface area contributed by atoms with Crippen molar-refractivity contribution in [2.45, 2.75) is 24.9 Å². The van der Waals surface area contributed by atoms with Gasteiger partial charge in [0.15, 0.2) is 5.03 Å². The Bertz CT molecular complexity index is 1500. The van der Waals surface area contributed by atoms with Crippen molar-refractivity contribution in [2.24, 2.45) is 0 Å². The molecule has 0 fully saturated rings. The van der Waals surface area contributed by atoms with E-state index in [2.05, 4.69) is 9.71 Å². The number of hydrogen-bond acceptors (Lipinski definition) is 5. The summed E-state index contributed by atoms with van der Waals surface area (Å²) in [6.07, 6.45) is 1.45. The van der Waals surface area contributed by atoms with Crippen molar-refractivity contribution in [2.75, 3.05) is 11.8 Å². The van der Waals surface area contributed by atoms with Crippen LogP contribution in [0.15, 0.2) is 65.8 Å². The van der Waals surface area contributed by atoms with Gasteiger partial charge in [0.05, 0.1) is 12.8 Å². The fraction of sp³-hybridized carbons (Fsp3) is 0.167. The average molecular weight is 486 g/mol. The standard InChI is InChI=1S/C24H21F2N3O4S/c1-15-20(21-13-18(26)8-9-22(21)29(15)14-23(30)33-2)11-16-5-4-10-27-24(16)34(31,32)28-19-7-3-6-17(25)12-19/h3-10,12-13,28H,11,14H2,1-2H3. The summed E-state index contributed by atoms with van der Waals surface area (Å²) in [5, 5.41) is 0.315. The molecule has 0 saturated heterocycles. The SMILES string of the molecule is COC(=O)Cn1c(C)c(Cc2cccnc2S(=O)(=O)Nc2cccc(F)c2)c2cc(F)ccc21. The third-order valence-corrected chi connectivity index (χ3v) is 6.86. The highest BCUT2D eigenvalue weighted by Gasteiger charge is 2.23. The molecule has 0 aliphatic heterocycles. The lowest BCUT2D eigenvalue weighted by Gasteiger charge is -2.12. The molecule has 0 radical (unpaired) electrons. The van der Waals surface area contributed by atoms with Gasteiger partial charge in [0.25, 0.3) is 10.0 Å². The maximum Gasteiger partial charge on any atom is 0.325 e. The Balaban J connectivity index is 1.79. The van der Waals surface area contributed by atoms with E-state index in [1.807, 2.05) is 0 Å². The summed E-state index contributed by atoms with van der Waals surface area (Å²) in [5.74, 6) is -1.52. The molecule has 176 valence electrons. The molecule has 0 amide bonds. The lowest BCUT2D eigenvalue weighted by Crippen LogP contribution is -2.17. The number of aromatic nitrogens is 2. The van der Waals surface area contributed by atoms with Crippen molar-refractivity contribution in [1.29, 1.82) is 0 Å². The highest BCUT2D eigenvalue weighted by Crippen LogP contribution is 2.30. The number of carbonyl (C=O) groups excluding carboxylic acids is 1. The smallest absolute Gasteiger partial charge is 0.325 e. The fourth-order valence-corrected chi connectivity index (χ4v) is 5.11. The number of anilines is 1. The molecular formula is C24H21F2N3O4S. The van der Waals surface area contributed by atoms with Crippen LogP contribution in [0.3, 0.4) is 0 Å². The van der Waals surface area contributed by atoms with Gasteiger partial charge in [0.2, 0.25) is 0 Å². The third kappa shape index (κ3) is 4.62. The molecule has 2 aromatic heterocycles. The summed E-state index contributed by atoms with van der Waals surface area (Å²) in [5.41, 5.74) is 2.34. The number of methoxy groups -OCH3 is 1. The van der Waals surface area contributed by atoms with Crippen LogP contribution < -0.4 is 4.72 Å². The van der Waals surface area contributed by atoms with Gasteiger partial charge >= 0.3 is 5.97 Å². The number of hydrogen-bond donors (Lipinski definition) is 1. The Labute approximate surface area is 195 Å². The van der Waals surface area contributed by atoms with Crippen molar-refractivity contribution in [1.82, 2.24) is 9.55 Å². The van der Waals surface area contributed by atoms with Gasteiger partial charge < -0.3 is 9.30 Å². The Hall–Kier alpha value is -3.79. The number of benzene rings is 2. The molecule has 0 atom stereocenters. The molecule has 2 aromatic carbocycles. The van der Waals surface area contributed by atoms with Gasteiger partial charge in [-0.1, -0.05) is 12.1 Å². The van der Waals surface area contributed by atoms with E-state index in [1.54, 1.807) is 29.7 Å². The highest BCUT2D eigenvalue weighted by molar-refractivity contribution is 7.92. The van der Waals surface area contributed by atoms with E-state index in [4.69, 9.17) is 4.74 Å². The van der Waals surface area contributed by atoms with Crippen LogP contribution in [0.2, 0.25) is 0 Å². The van der Waals surface area contributed by atoms with Crippen molar-refractivity contribution >= 4 is 32.6 Å². The van der Waals surface area contributed by atoms with Crippen molar-refractivity contribution < 1.29 is 26.7 Å². The van der Waals surface area contributed by atoms with Gasteiger partial charge in [-0.05, 0) is 60.5 Å². The molecule has 0 aliphatic rings. The second-order valence-electron chi connectivity index (χ2n) is 7.65. The first-order valence-electron chi connectivity index (χ1n) is 10.3. The number of nitrogens with one attached hydrogen (secondary N) is 1. The molecule has 4 rings (SSSR count). The summed E-state index contributed by atoms with van der Waals surface area (Å²) in [6.45, 7) is 1.69. The summed E-state index contributed by atoms with van der Waals surface area (Å²) in [7, 11) is -2.87. The predicted octanol–water partition coefficient (Wildman–Crippen LogP) is 4.19. The van der Waals surface area contributed by atoms with E-state index in [0.717, 1.165) is 6.07 Å². The minimum absolute atomic E-state index is 0.0598. The predicted molar refractivity (Wildman–Crippen MR) is 123 cm³/mol. The minimum Gasteiger partial charge on any atom is -0.468 e. The Morgan fingerprint density at radius 3 is 2.59 bits per heavy atom. The van der Waals surface area contributed by atoms with E-state index >= 15 is 0 Å². The molecule has 0 unspecified atom stereocenters. The van der Waals surface area contributed by atoms with Gasteiger partial charge in [-0.15, -0.1) is 0 Å². The van der Waals surface area contributed by atoms with Crippen LogP contribution in [0.25, 0.3) is 10.9 Å². The number of ether oxygens (including phenoxy) is 1. The van der Waals surface area contributed by atoms with Crippen molar-refractivity contribution in [3.05, 3.63) is 89.2 Å². The third-order valence-electron chi connectivity index (χ3n) is 5.48. The summed E-state index contributed by atoms with van der Waals surface area (Å²) < 4.78 is 62.7. The molecule has 34 heavy (non-hydrogen) atoms. The zero-order valence-electron chi connectivity index (χ0n) is 18.4. The van der Waals surface area contributed by atoms with Crippen molar-refractivity contribution in [3.63, 3.8) is 0 Å². The molecule has 10 heteroatoms. The van der Waals surface area contributed by atoms with E-state index in [0.29, 0.717) is 27.7 Å². The first kappa shape index (κ1) is 23.4. The monoisotopic (exact) mass is 485 g/mol. The largest absolute Gasteiger partial charge is 0.468 e. The van der Waals surface area contributed by atoms with Gasteiger partial charge in [-0.3, -0.25) is 9.52 Å². The van der Waals surface area contributed by atoms with E-state index in [9.17, 15) is 22.0 Å². The zero-order chi connectivity index (χ0) is 24.5. The topological polar surface area (TPSA) is 90.3 Å².